The molecule has 12 heavy (non-hydrogen) atoms. The van der Waals surface area contributed by atoms with E-state index in [2.05, 4.69) is 0 Å². The lowest BCUT2D eigenvalue weighted by atomic mass is 9.97. The zero-order chi connectivity index (χ0) is 8.81. The third kappa shape index (κ3) is 2.97. The average Bonchev–Trinajstić information content (AvgIpc) is 2.09. The second-order valence-electron chi connectivity index (χ2n) is 2.41. The van der Waals surface area contributed by atoms with E-state index in [9.17, 15) is 0 Å². The van der Waals surface area contributed by atoms with E-state index in [4.69, 9.17) is 17.3 Å². The molecule has 0 aliphatic rings. The number of rotatable bonds is 4. The summed E-state index contributed by atoms with van der Waals surface area (Å²) in [7, 11) is 7.15. The zero-order valence-corrected chi connectivity index (χ0v) is 7.12. The molecule has 0 bridgehead atoms. The highest BCUT2D eigenvalue weighted by Gasteiger charge is 1.90. The number of methoxy groups -OCH3 is 1. The Morgan fingerprint density at radius 2 is 1.83 bits per heavy atom. The summed E-state index contributed by atoms with van der Waals surface area (Å²) in [4.78, 5) is 0. The summed E-state index contributed by atoms with van der Waals surface area (Å²) in [5.74, 6) is 0.821. The average molecular weight is 162 g/mol. The third-order valence-electron chi connectivity index (χ3n) is 1.44. The minimum Gasteiger partial charge on any atom is -0.491 e. The van der Waals surface area contributed by atoms with Crippen LogP contribution in [-0.4, -0.2) is 28.2 Å². The Balaban J connectivity index is 2.37. The van der Waals surface area contributed by atoms with E-state index in [1.807, 2.05) is 24.3 Å². The molecule has 0 aromatic heterocycles. The maximum absolute atomic E-state index is 5.50. The van der Waals surface area contributed by atoms with Crippen molar-refractivity contribution < 1.29 is 9.47 Å². The van der Waals surface area contributed by atoms with E-state index < -0.39 is 0 Å². The Morgan fingerprint density at radius 3 is 2.42 bits per heavy atom. The fourth-order valence-corrected chi connectivity index (χ4v) is 0.807. The van der Waals surface area contributed by atoms with Crippen LogP contribution in [0.4, 0.5) is 0 Å². The monoisotopic (exact) mass is 162 g/mol. The molecule has 0 N–H and O–H groups in total. The smallest absolute Gasteiger partial charge is 0.119 e. The van der Waals surface area contributed by atoms with E-state index in [0.29, 0.717) is 13.2 Å². The Bertz CT molecular complexity index is 220. The van der Waals surface area contributed by atoms with E-state index in [1.165, 1.54) is 0 Å². The highest BCUT2D eigenvalue weighted by atomic mass is 16.5. The van der Waals surface area contributed by atoms with Crippen LogP contribution in [0.1, 0.15) is 0 Å². The normalized spacial score (nSPS) is 9.75. The lowest BCUT2D eigenvalue weighted by Crippen LogP contribution is -2.05. The van der Waals surface area contributed by atoms with Gasteiger partial charge in [0.25, 0.3) is 0 Å². The molecule has 2 nitrogen and oxygen atoms in total. The van der Waals surface area contributed by atoms with Gasteiger partial charge in [-0.1, -0.05) is 17.6 Å². The molecule has 0 saturated carbocycles. The topological polar surface area (TPSA) is 18.5 Å². The Hall–Kier alpha value is -0.955. The van der Waals surface area contributed by atoms with E-state index >= 15 is 0 Å². The van der Waals surface area contributed by atoms with Gasteiger partial charge in [0.1, 0.15) is 20.2 Å². The molecule has 0 aliphatic heterocycles. The predicted molar refractivity (Wildman–Crippen MR) is 49.2 cm³/mol. The summed E-state index contributed by atoms with van der Waals surface area (Å²) in [6, 6.07) is 7.29. The van der Waals surface area contributed by atoms with E-state index in [1.54, 1.807) is 7.11 Å². The van der Waals surface area contributed by atoms with Gasteiger partial charge in [0.15, 0.2) is 0 Å². The van der Waals surface area contributed by atoms with Gasteiger partial charge in [-0.15, -0.1) is 0 Å². The van der Waals surface area contributed by atoms with Crippen LogP contribution in [-0.2, 0) is 4.74 Å². The van der Waals surface area contributed by atoms with Crippen molar-refractivity contribution in [2.45, 2.75) is 0 Å². The van der Waals surface area contributed by atoms with Crippen molar-refractivity contribution in [1.82, 2.24) is 0 Å². The van der Waals surface area contributed by atoms with Gasteiger partial charge in [-0.05, 0) is 12.1 Å². The molecule has 1 rings (SSSR count). The van der Waals surface area contributed by atoms with Crippen molar-refractivity contribution in [3.05, 3.63) is 24.3 Å². The van der Waals surface area contributed by atoms with Gasteiger partial charge < -0.3 is 9.47 Å². The summed E-state index contributed by atoms with van der Waals surface area (Å²) < 4.78 is 10.2. The van der Waals surface area contributed by atoms with Gasteiger partial charge in [0.05, 0.1) is 6.61 Å². The number of ether oxygens (including phenoxy) is 2. The first-order valence-electron chi connectivity index (χ1n) is 3.80. The second-order valence-corrected chi connectivity index (χ2v) is 2.41. The standard InChI is InChI=1S/C9H11BO2/c1-11-6-7-12-9-4-2-8(10)3-5-9/h2-5H,6-7H2,1H3. The van der Waals surface area contributed by atoms with Crippen molar-refractivity contribution in [1.29, 1.82) is 0 Å². The largest absolute Gasteiger partial charge is 0.491 e. The Labute approximate surface area is 73.9 Å². The van der Waals surface area contributed by atoms with Crippen LogP contribution in [0.5, 0.6) is 5.75 Å². The van der Waals surface area contributed by atoms with Gasteiger partial charge in [0.2, 0.25) is 0 Å². The first-order valence-corrected chi connectivity index (χ1v) is 3.80. The van der Waals surface area contributed by atoms with Gasteiger partial charge in [-0.3, -0.25) is 0 Å². The number of hydrogen-bond donors (Lipinski definition) is 0. The van der Waals surface area contributed by atoms with Crippen molar-refractivity contribution in [2.24, 2.45) is 0 Å². The van der Waals surface area contributed by atoms with Crippen molar-refractivity contribution in [3.63, 3.8) is 0 Å². The van der Waals surface area contributed by atoms with Crippen LogP contribution in [0.3, 0.4) is 0 Å². The molecule has 0 aliphatic carbocycles. The molecular formula is C9H11BO2. The minimum atomic E-state index is 0.570. The Morgan fingerprint density at radius 1 is 1.17 bits per heavy atom. The van der Waals surface area contributed by atoms with Crippen LogP contribution < -0.4 is 10.2 Å². The molecule has 0 fully saturated rings. The molecule has 2 radical (unpaired) electrons. The van der Waals surface area contributed by atoms with Gasteiger partial charge in [-0.25, -0.2) is 0 Å². The lowest BCUT2D eigenvalue weighted by molar-refractivity contribution is 0.146. The van der Waals surface area contributed by atoms with Gasteiger partial charge in [-0.2, -0.15) is 0 Å². The van der Waals surface area contributed by atoms with Crippen LogP contribution in [0.15, 0.2) is 24.3 Å². The summed E-state index contributed by atoms with van der Waals surface area (Å²) in [5.41, 5.74) is 0.745. The summed E-state index contributed by atoms with van der Waals surface area (Å²) in [6.07, 6.45) is 0. The molecule has 3 heteroatoms. The van der Waals surface area contributed by atoms with Gasteiger partial charge in [0, 0.05) is 7.11 Å². The molecular weight excluding hydrogens is 151 g/mol. The van der Waals surface area contributed by atoms with Crippen LogP contribution in [0, 0.1) is 0 Å². The lowest BCUT2D eigenvalue weighted by Gasteiger charge is -2.04. The molecule has 1 aromatic rings. The predicted octanol–water partition coefficient (Wildman–Crippen LogP) is 0.506. The summed E-state index contributed by atoms with van der Waals surface area (Å²) in [6.45, 7) is 1.17. The number of benzene rings is 1. The second kappa shape index (κ2) is 4.83. The molecule has 0 saturated heterocycles. The number of hydrogen-bond acceptors (Lipinski definition) is 2. The first-order chi connectivity index (χ1) is 5.83. The van der Waals surface area contributed by atoms with Crippen LogP contribution >= 0.6 is 0 Å². The molecule has 62 valence electrons. The van der Waals surface area contributed by atoms with Crippen molar-refractivity contribution in [2.75, 3.05) is 20.3 Å². The van der Waals surface area contributed by atoms with Crippen LogP contribution in [0.2, 0.25) is 0 Å². The zero-order valence-electron chi connectivity index (χ0n) is 7.12. The van der Waals surface area contributed by atoms with Crippen molar-refractivity contribution >= 4 is 13.3 Å². The molecule has 0 unspecified atom stereocenters. The highest BCUT2D eigenvalue weighted by molar-refractivity contribution is 6.32. The molecule has 0 atom stereocenters. The maximum Gasteiger partial charge on any atom is 0.119 e. The van der Waals surface area contributed by atoms with E-state index in [0.717, 1.165) is 11.2 Å². The van der Waals surface area contributed by atoms with Crippen LogP contribution in [0.25, 0.3) is 0 Å². The summed E-state index contributed by atoms with van der Waals surface area (Å²) in [5, 5.41) is 0. The maximum atomic E-state index is 5.50. The van der Waals surface area contributed by atoms with Gasteiger partial charge >= 0.3 is 0 Å². The SMILES string of the molecule is [B]c1ccc(OCCOC)cc1. The summed E-state index contributed by atoms with van der Waals surface area (Å²) >= 11 is 0. The van der Waals surface area contributed by atoms with Crippen molar-refractivity contribution in [3.8, 4) is 5.75 Å². The fraction of sp³-hybridized carbons (Fsp3) is 0.333. The first kappa shape index (κ1) is 9.14. The third-order valence-corrected chi connectivity index (χ3v) is 1.44. The highest BCUT2D eigenvalue weighted by Crippen LogP contribution is 2.06. The molecule has 1 aromatic carbocycles. The molecule has 0 amide bonds. The minimum absolute atomic E-state index is 0.570. The molecule has 0 heterocycles. The van der Waals surface area contributed by atoms with E-state index in [-0.39, 0.29) is 0 Å². The Kier molecular flexibility index (Phi) is 3.68. The fourth-order valence-electron chi connectivity index (χ4n) is 0.807. The molecule has 0 spiro atoms. The quantitative estimate of drug-likeness (QED) is 0.474.